The van der Waals surface area contributed by atoms with Crippen LogP contribution in [-0.4, -0.2) is 29.0 Å². The topological polar surface area (TPSA) is 59.5 Å². The first-order valence-corrected chi connectivity index (χ1v) is 11.0. The smallest absolute Gasteiger partial charge is 0.414 e. The summed E-state index contributed by atoms with van der Waals surface area (Å²) in [5.41, 5.74) is 5.43. The number of fused-ring (bicyclic) bond motifs is 1. The Balaban J connectivity index is 1.44. The molecule has 1 amide bonds. The molecule has 0 aliphatic carbocycles. The molecular formula is C27H28N2O3. The largest absolute Gasteiger partial charge is 0.443 e. The van der Waals surface area contributed by atoms with Gasteiger partial charge in [0, 0.05) is 30.9 Å². The van der Waals surface area contributed by atoms with E-state index in [-0.39, 0.29) is 11.9 Å². The van der Waals surface area contributed by atoms with Crippen LogP contribution in [0.1, 0.15) is 48.7 Å². The number of amides is 1. The predicted molar refractivity (Wildman–Crippen MR) is 126 cm³/mol. The van der Waals surface area contributed by atoms with E-state index in [1.165, 1.54) is 0 Å². The molecule has 2 heterocycles. The zero-order valence-corrected chi connectivity index (χ0v) is 18.8. The lowest BCUT2D eigenvalue weighted by Gasteiger charge is -2.24. The minimum atomic E-state index is -0.517. The third-order valence-corrected chi connectivity index (χ3v) is 5.49. The number of Topliss-reactive ketones (excluding diaryl/α,β-unsaturated/α-hetero) is 1. The first-order valence-electron chi connectivity index (χ1n) is 11.0. The van der Waals surface area contributed by atoms with Crippen LogP contribution in [-0.2, 0) is 17.6 Å². The highest BCUT2D eigenvalue weighted by molar-refractivity contribution is 5.96. The fourth-order valence-corrected chi connectivity index (χ4v) is 3.88. The van der Waals surface area contributed by atoms with Crippen molar-refractivity contribution in [3.8, 4) is 11.1 Å². The predicted octanol–water partition coefficient (Wildman–Crippen LogP) is 5.86. The Kier molecular flexibility index (Phi) is 6.08. The van der Waals surface area contributed by atoms with E-state index < -0.39 is 5.60 Å². The van der Waals surface area contributed by atoms with Crippen LogP contribution >= 0.6 is 0 Å². The summed E-state index contributed by atoms with van der Waals surface area (Å²) in [6, 6.07) is 17.7. The van der Waals surface area contributed by atoms with Crippen LogP contribution in [0.15, 0.2) is 67.0 Å². The number of ketones is 1. The summed E-state index contributed by atoms with van der Waals surface area (Å²) in [4.78, 5) is 30.8. The van der Waals surface area contributed by atoms with Gasteiger partial charge < -0.3 is 4.74 Å². The molecule has 0 fully saturated rings. The van der Waals surface area contributed by atoms with Crippen LogP contribution in [0, 0.1) is 0 Å². The van der Waals surface area contributed by atoms with E-state index >= 15 is 0 Å². The molecule has 0 atom stereocenters. The van der Waals surface area contributed by atoms with E-state index in [9.17, 15) is 9.59 Å². The molecule has 0 N–H and O–H groups in total. The molecule has 1 aliphatic heterocycles. The minimum Gasteiger partial charge on any atom is -0.443 e. The third kappa shape index (κ3) is 5.05. The Morgan fingerprint density at radius 1 is 1.03 bits per heavy atom. The molecule has 0 saturated heterocycles. The van der Waals surface area contributed by atoms with Crippen molar-refractivity contribution >= 4 is 17.6 Å². The molecule has 3 aromatic rings. The van der Waals surface area contributed by atoms with Crippen molar-refractivity contribution in [3.63, 3.8) is 0 Å². The summed E-state index contributed by atoms with van der Waals surface area (Å²) >= 11 is 0. The number of anilines is 1. The van der Waals surface area contributed by atoms with Gasteiger partial charge in [-0.05, 0) is 74.1 Å². The van der Waals surface area contributed by atoms with Crippen molar-refractivity contribution in [2.24, 2.45) is 0 Å². The van der Waals surface area contributed by atoms with E-state index in [0.717, 1.165) is 39.9 Å². The highest BCUT2D eigenvalue weighted by atomic mass is 16.6. The van der Waals surface area contributed by atoms with Crippen LogP contribution in [0.5, 0.6) is 0 Å². The van der Waals surface area contributed by atoms with Gasteiger partial charge in [-0.1, -0.05) is 36.4 Å². The van der Waals surface area contributed by atoms with Crippen molar-refractivity contribution in [1.82, 2.24) is 4.98 Å². The van der Waals surface area contributed by atoms with Gasteiger partial charge in [-0.2, -0.15) is 0 Å². The van der Waals surface area contributed by atoms with Crippen LogP contribution < -0.4 is 4.90 Å². The fourth-order valence-electron chi connectivity index (χ4n) is 3.88. The van der Waals surface area contributed by atoms with Gasteiger partial charge in [-0.25, -0.2) is 4.79 Å². The van der Waals surface area contributed by atoms with Crippen LogP contribution in [0.3, 0.4) is 0 Å². The number of benzene rings is 2. The van der Waals surface area contributed by atoms with Gasteiger partial charge in [0.1, 0.15) is 5.60 Å². The van der Waals surface area contributed by atoms with Gasteiger partial charge in [0.25, 0.3) is 0 Å². The van der Waals surface area contributed by atoms with Crippen LogP contribution in [0.2, 0.25) is 0 Å². The Bertz CT molecular complexity index is 1120. The molecule has 164 valence electrons. The summed E-state index contributed by atoms with van der Waals surface area (Å²) < 4.78 is 5.53. The zero-order valence-electron chi connectivity index (χ0n) is 18.8. The second-order valence-electron chi connectivity index (χ2n) is 9.09. The lowest BCUT2D eigenvalue weighted by Crippen LogP contribution is -2.35. The molecule has 1 aromatic heterocycles. The Labute approximate surface area is 189 Å². The second-order valence-corrected chi connectivity index (χ2v) is 9.09. The summed E-state index contributed by atoms with van der Waals surface area (Å²) in [6.45, 7) is 6.24. The number of rotatable bonds is 5. The first kappa shape index (κ1) is 21.8. The maximum Gasteiger partial charge on any atom is 0.414 e. The molecule has 0 unspecified atom stereocenters. The summed E-state index contributed by atoms with van der Waals surface area (Å²) in [5.74, 6) is 0.127. The van der Waals surface area contributed by atoms with E-state index in [2.05, 4.69) is 11.1 Å². The number of nitrogens with zero attached hydrogens (tertiary/aromatic N) is 2. The van der Waals surface area contributed by atoms with Crippen molar-refractivity contribution < 1.29 is 14.3 Å². The molecule has 0 radical (unpaired) electrons. The lowest BCUT2D eigenvalue weighted by molar-refractivity contribution is 0.0584. The van der Waals surface area contributed by atoms with Crippen molar-refractivity contribution in [3.05, 3.63) is 83.7 Å². The average Bonchev–Trinajstić information content (AvgIpc) is 3.21. The zero-order chi connectivity index (χ0) is 22.7. The number of aromatic nitrogens is 1. The van der Waals surface area contributed by atoms with Gasteiger partial charge in [0.15, 0.2) is 5.78 Å². The Hall–Kier alpha value is -3.47. The molecule has 2 aromatic carbocycles. The molecule has 0 spiro atoms. The van der Waals surface area contributed by atoms with Crippen molar-refractivity contribution in [2.45, 2.75) is 45.6 Å². The number of pyridine rings is 1. The van der Waals surface area contributed by atoms with E-state index in [4.69, 9.17) is 4.74 Å². The second kappa shape index (κ2) is 8.95. The average molecular weight is 429 g/mol. The van der Waals surface area contributed by atoms with Crippen molar-refractivity contribution in [1.29, 1.82) is 0 Å². The van der Waals surface area contributed by atoms with Crippen molar-refractivity contribution in [2.75, 3.05) is 11.4 Å². The highest BCUT2D eigenvalue weighted by Crippen LogP contribution is 2.33. The standard InChI is InChI=1S/C27H28N2O3/c1-27(2,3)32-26(31)29-16-14-23-17-22(11-12-24(23)29)20-7-9-21(10-8-20)25(30)13-6-19-5-4-15-28-18-19/h4-5,7-12,15,17-18H,6,13-14,16H2,1-3H3. The summed E-state index contributed by atoms with van der Waals surface area (Å²) in [6.07, 6.45) is 5.18. The van der Waals surface area contributed by atoms with E-state index in [0.29, 0.717) is 19.4 Å². The van der Waals surface area contributed by atoms with Gasteiger partial charge in [0.2, 0.25) is 0 Å². The minimum absolute atomic E-state index is 0.127. The number of carbonyl (C=O) groups excluding carboxylic acids is 2. The number of aryl methyl sites for hydroxylation is 1. The molecule has 1 aliphatic rings. The van der Waals surface area contributed by atoms with Gasteiger partial charge in [-0.3, -0.25) is 14.7 Å². The fraction of sp³-hybridized carbons (Fsp3) is 0.296. The highest BCUT2D eigenvalue weighted by Gasteiger charge is 2.29. The van der Waals surface area contributed by atoms with Crippen LogP contribution in [0.4, 0.5) is 10.5 Å². The molecule has 0 saturated carbocycles. The maximum absolute atomic E-state index is 12.5. The first-order chi connectivity index (χ1) is 15.3. The molecule has 0 bridgehead atoms. The summed E-state index contributed by atoms with van der Waals surface area (Å²) in [5, 5.41) is 0. The SMILES string of the molecule is CC(C)(C)OC(=O)N1CCc2cc(-c3ccc(C(=O)CCc4cccnc4)cc3)ccc21. The van der Waals surface area contributed by atoms with Gasteiger partial charge in [0.05, 0.1) is 5.69 Å². The number of hydrogen-bond donors (Lipinski definition) is 0. The number of carbonyl (C=O) groups is 2. The van der Waals surface area contributed by atoms with Crippen LogP contribution in [0.25, 0.3) is 11.1 Å². The lowest BCUT2D eigenvalue weighted by atomic mass is 9.98. The quantitative estimate of drug-likeness (QED) is 0.478. The molecule has 4 rings (SSSR count). The third-order valence-electron chi connectivity index (χ3n) is 5.49. The number of hydrogen-bond acceptors (Lipinski definition) is 4. The maximum atomic E-state index is 12.5. The monoisotopic (exact) mass is 428 g/mol. The molecule has 5 nitrogen and oxygen atoms in total. The molecule has 5 heteroatoms. The van der Waals surface area contributed by atoms with Gasteiger partial charge >= 0.3 is 6.09 Å². The normalized spacial score (nSPS) is 13.0. The van der Waals surface area contributed by atoms with E-state index in [1.54, 1.807) is 17.3 Å². The summed E-state index contributed by atoms with van der Waals surface area (Å²) in [7, 11) is 0. The molecular weight excluding hydrogens is 400 g/mol. The van der Waals surface area contributed by atoms with E-state index in [1.807, 2.05) is 69.3 Å². The van der Waals surface area contributed by atoms with Gasteiger partial charge in [-0.15, -0.1) is 0 Å². The Morgan fingerprint density at radius 3 is 2.47 bits per heavy atom. The Morgan fingerprint density at radius 2 is 1.78 bits per heavy atom. The number of ether oxygens (including phenoxy) is 1. The molecule has 32 heavy (non-hydrogen) atoms.